The largest absolute Gasteiger partial charge is 0.330 e. The molecule has 1 amide bonds. The molecule has 0 aliphatic carbocycles. The zero-order chi connectivity index (χ0) is 16.7. The summed E-state index contributed by atoms with van der Waals surface area (Å²) in [7, 11) is 1.89. The van der Waals surface area contributed by atoms with Crippen LogP contribution in [0.25, 0.3) is 10.9 Å². The Kier molecular flexibility index (Phi) is 3.60. The fourth-order valence-electron chi connectivity index (χ4n) is 3.70. The number of hydrogen-bond acceptors (Lipinski definition) is 2. The highest BCUT2D eigenvalue weighted by atomic mass is 16.2. The lowest BCUT2D eigenvalue weighted by molar-refractivity contribution is 0.0630. The molecular formula is C20H21N3O. The van der Waals surface area contributed by atoms with E-state index in [9.17, 15) is 4.79 Å². The lowest BCUT2D eigenvalue weighted by Gasteiger charge is -2.36. The summed E-state index contributed by atoms with van der Waals surface area (Å²) in [6.45, 7) is 2.81. The van der Waals surface area contributed by atoms with E-state index in [1.54, 1.807) is 4.68 Å². The Labute approximate surface area is 141 Å². The second kappa shape index (κ2) is 5.78. The van der Waals surface area contributed by atoms with Crippen LogP contribution in [-0.2, 0) is 20.0 Å². The van der Waals surface area contributed by atoms with E-state index in [4.69, 9.17) is 0 Å². The normalized spacial score (nSPS) is 17.1. The minimum atomic E-state index is 0.0353. The molecule has 122 valence electrons. The fourth-order valence-corrected chi connectivity index (χ4v) is 3.70. The molecule has 1 unspecified atom stereocenters. The average Bonchev–Trinajstić information content (AvgIpc) is 2.97. The molecule has 1 atom stereocenters. The lowest BCUT2D eigenvalue weighted by atomic mass is 9.92. The quantitative estimate of drug-likeness (QED) is 0.724. The molecule has 0 saturated carbocycles. The molecule has 2 heterocycles. The molecular weight excluding hydrogens is 298 g/mol. The Hall–Kier alpha value is -2.62. The Balaban J connectivity index is 1.75. The molecule has 1 aliphatic heterocycles. The van der Waals surface area contributed by atoms with Crippen molar-refractivity contribution in [3.05, 3.63) is 65.4 Å². The number of hydrogen-bond donors (Lipinski definition) is 0. The maximum absolute atomic E-state index is 13.3. The van der Waals surface area contributed by atoms with Crippen molar-refractivity contribution in [3.63, 3.8) is 0 Å². The second-order valence-corrected chi connectivity index (χ2v) is 6.46. The number of amides is 1. The van der Waals surface area contributed by atoms with Crippen molar-refractivity contribution >= 4 is 16.8 Å². The van der Waals surface area contributed by atoms with Crippen LogP contribution >= 0.6 is 0 Å². The minimum Gasteiger partial charge on any atom is -0.330 e. The van der Waals surface area contributed by atoms with Gasteiger partial charge in [0.2, 0.25) is 0 Å². The van der Waals surface area contributed by atoms with E-state index in [0.29, 0.717) is 12.2 Å². The third-order valence-electron chi connectivity index (χ3n) is 5.05. The summed E-state index contributed by atoms with van der Waals surface area (Å²) in [4.78, 5) is 15.3. The summed E-state index contributed by atoms with van der Waals surface area (Å²) in [6.07, 6.45) is 1.87. The lowest BCUT2D eigenvalue weighted by Crippen LogP contribution is -2.44. The number of carbonyl (C=O) groups is 1. The molecule has 3 aromatic rings. The van der Waals surface area contributed by atoms with Crippen molar-refractivity contribution < 1.29 is 4.79 Å². The zero-order valence-electron chi connectivity index (χ0n) is 14.1. The molecule has 0 radical (unpaired) electrons. The fraction of sp³-hybridized carbons (Fsp3) is 0.300. The van der Waals surface area contributed by atoms with Crippen LogP contribution in [0.2, 0.25) is 0 Å². The smallest absolute Gasteiger partial charge is 0.275 e. The van der Waals surface area contributed by atoms with Gasteiger partial charge in [0.05, 0.1) is 5.52 Å². The van der Waals surface area contributed by atoms with Crippen molar-refractivity contribution in [1.82, 2.24) is 14.7 Å². The highest BCUT2D eigenvalue weighted by molar-refractivity contribution is 6.05. The standard InChI is InChI=1S/C20H21N3O/c1-3-16-12-14-8-4-5-9-15(14)13-23(16)20(24)19-17-10-6-7-11-18(17)22(2)21-19/h4-11,16H,3,12-13H2,1-2H3. The van der Waals surface area contributed by atoms with Gasteiger partial charge in [-0.2, -0.15) is 5.10 Å². The maximum Gasteiger partial charge on any atom is 0.275 e. The molecule has 0 spiro atoms. The number of nitrogens with zero attached hydrogens (tertiary/aromatic N) is 3. The van der Waals surface area contributed by atoms with E-state index in [0.717, 1.165) is 23.7 Å². The van der Waals surface area contributed by atoms with E-state index in [2.05, 4.69) is 30.2 Å². The van der Waals surface area contributed by atoms with Crippen LogP contribution in [0.1, 0.15) is 35.0 Å². The van der Waals surface area contributed by atoms with Gasteiger partial charge in [-0.1, -0.05) is 49.4 Å². The van der Waals surface area contributed by atoms with Gasteiger partial charge in [-0.25, -0.2) is 0 Å². The highest BCUT2D eigenvalue weighted by Gasteiger charge is 2.31. The van der Waals surface area contributed by atoms with Gasteiger partial charge in [-0.05, 0) is 30.0 Å². The zero-order valence-corrected chi connectivity index (χ0v) is 14.1. The van der Waals surface area contributed by atoms with Gasteiger partial charge in [-0.3, -0.25) is 9.48 Å². The van der Waals surface area contributed by atoms with Gasteiger partial charge in [0.15, 0.2) is 5.69 Å². The van der Waals surface area contributed by atoms with Gasteiger partial charge in [0, 0.05) is 25.0 Å². The first-order chi connectivity index (χ1) is 11.7. The van der Waals surface area contributed by atoms with E-state index < -0.39 is 0 Å². The van der Waals surface area contributed by atoms with Crippen LogP contribution in [-0.4, -0.2) is 26.6 Å². The highest BCUT2D eigenvalue weighted by Crippen LogP contribution is 2.28. The summed E-state index contributed by atoms with van der Waals surface area (Å²) in [5, 5.41) is 5.44. The van der Waals surface area contributed by atoms with Gasteiger partial charge >= 0.3 is 0 Å². The third-order valence-corrected chi connectivity index (χ3v) is 5.05. The van der Waals surface area contributed by atoms with E-state index in [1.807, 2.05) is 42.3 Å². The summed E-state index contributed by atoms with van der Waals surface area (Å²) in [5.41, 5.74) is 4.16. The first kappa shape index (κ1) is 14.9. The number of rotatable bonds is 2. The van der Waals surface area contributed by atoms with Gasteiger partial charge in [0.25, 0.3) is 5.91 Å². The third kappa shape index (κ3) is 2.30. The molecule has 4 heteroatoms. The molecule has 4 rings (SSSR count). The first-order valence-corrected chi connectivity index (χ1v) is 8.48. The molecule has 2 aromatic carbocycles. The SMILES string of the molecule is CCC1Cc2ccccc2CN1C(=O)c1nn(C)c2ccccc12. The summed E-state index contributed by atoms with van der Waals surface area (Å²) in [6, 6.07) is 16.6. The Bertz CT molecular complexity index is 912. The second-order valence-electron chi connectivity index (χ2n) is 6.46. The average molecular weight is 319 g/mol. The summed E-state index contributed by atoms with van der Waals surface area (Å²) < 4.78 is 1.79. The molecule has 1 aliphatic rings. The monoisotopic (exact) mass is 319 g/mol. The van der Waals surface area contributed by atoms with Crippen molar-refractivity contribution in [3.8, 4) is 0 Å². The minimum absolute atomic E-state index is 0.0353. The Morgan fingerprint density at radius 1 is 1.12 bits per heavy atom. The first-order valence-electron chi connectivity index (χ1n) is 8.48. The molecule has 4 nitrogen and oxygen atoms in total. The molecule has 24 heavy (non-hydrogen) atoms. The maximum atomic E-state index is 13.3. The van der Waals surface area contributed by atoms with Gasteiger partial charge in [-0.15, -0.1) is 0 Å². The van der Waals surface area contributed by atoms with Crippen LogP contribution in [0.3, 0.4) is 0 Å². The van der Waals surface area contributed by atoms with Crippen molar-refractivity contribution in [2.75, 3.05) is 0 Å². The van der Waals surface area contributed by atoms with Crippen LogP contribution in [0, 0.1) is 0 Å². The van der Waals surface area contributed by atoms with Gasteiger partial charge < -0.3 is 4.90 Å². The summed E-state index contributed by atoms with van der Waals surface area (Å²) in [5.74, 6) is 0.0353. The number of para-hydroxylation sites is 1. The van der Waals surface area contributed by atoms with Crippen LogP contribution < -0.4 is 0 Å². The Morgan fingerprint density at radius 2 is 1.83 bits per heavy atom. The molecule has 0 N–H and O–H groups in total. The predicted molar refractivity (Wildman–Crippen MR) is 94.8 cm³/mol. The number of carbonyl (C=O) groups excluding carboxylic acids is 1. The van der Waals surface area contributed by atoms with E-state index >= 15 is 0 Å². The molecule has 0 bridgehead atoms. The van der Waals surface area contributed by atoms with Crippen molar-refractivity contribution in [1.29, 1.82) is 0 Å². The number of aryl methyl sites for hydroxylation is 1. The molecule has 0 saturated heterocycles. The van der Waals surface area contributed by atoms with E-state index in [-0.39, 0.29) is 11.9 Å². The van der Waals surface area contributed by atoms with Crippen LogP contribution in [0.4, 0.5) is 0 Å². The number of aromatic nitrogens is 2. The van der Waals surface area contributed by atoms with Crippen LogP contribution in [0.5, 0.6) is 0 Å². The molecule has 1 aromatic heterocycles. The Morgan fingerprint density at radius 3 is 2.62 bits per heavy atom. The summed E-state index contributed by atoms with van der Waals surface area (Å²) >= 11 is 0. The van der Waals surface area contributed by atoms with Gasteiger partial charge in [0.1, 0.15) is 0 Å². The molecule has 0 fully saturated rings. The number of fused-ring (bicyclic) bond motifs is 2. The topological polar surface area (TPSA) is 38.1 Å². The predicted octanol–water partition coefficient (Wildman–Crippen LogP) is 3.55. The van der Waals surface area contributed by atoms with Crippen molar-refractivity contribution in [2.45, 2.75) is 32.4 Å². The van der Waals surface area contributed by atoms with Crippen LogP contribution in [0.15, 0.2) is 48.5 Å². The van der Waals surface area contributed by atoms with E-state index in [1.165, 1.54) is 11.1 Å². The van der Waals surface area contributed by atoms with Crippen molar-refractivity contribution in [2.24, 2.45) is 7.05 Å². The number of benzene rings is 2.